The van der Waals surface area contributed by atoms with Crippen molar-refractivity contribution in [2.75, 3.05) is 23.7 Å². The number of amides is 4. The van der Waals surface area contributed by atoms with E-state index in [1.54, 1.807) is 46.3 Å². The molecule has 4 amide bonds. The molecule has 2 aromatic heterocycles. The van der Waals surface area contributed by atoms with Gasteiger partial charge in [0, 0.05) is 50.8 Å². The van der Waals surface area contributed by atoms with Crippen molar-refractivity contribution in [3.63, 3.8) is 0 Å². The highest BCUT2D eigenvalue weighted by Crippen LogP contribution is 2.29. The number of benzene rings is 3. The molecule has 3 aromatic carbocycles. The number of hydrogen-bond acceptors (Lipinski definition) is 7. The summed E-state index contributed by atoms with van der Waals surface area (Å²) in [4.78, 5) is 58.6. The van der Waals surface area contributed by atoms with Crippen LogP contribution in [0.3, 0.4) is 0 Å². The van der Waals surface area contributed by atoms with Crippen molar-refractivity contribution in [3.05, 3.63) is 90.8 Å². The number of fused-ring (bicyclic) bond motifs is 1. The first-order valence-corrected chi connectivity index (χ1v) is 15.7. The van der Waals surface area contributed by atoms with Crippen LogP contribution in [-0.4, -0.2) is 63.6 Å². The minimum atomic E-state index is -0.595. The zero-order chi connectivity index (χ0) is 32.5. The summed E-state index contributed by atoms with van der Waals surface area (Å²) in [6.07, 6.45) is 4.40. The number of carbonyl (C=O) groups is 4. The number of oxazole rings is 1. The van der Waals surface area contributed by atoms with Crippen LogP contribution >= 0.6 is 0 Å². The van der Waals surface area contributed by atoms with E-state index in [0.29, 0.717) is 54.5 Å². The van der Waals surface area contributed by atoms with Crippen molar-refractivity contribution in [1.29, 1.82) is 0 Å². The summed E-state index contributed by atoms with van der Waals surface area (Å²) >= 11 is 0. The van der Waals surface area contributed by atoms with Gasteiger partial charge in [0.2, 0.25) is 23.6 Å². The summed E-state index contributed by atoms with van der Waals surface area (Å²) in [6, 6.07) is 22.5. The highest BCUT2D eigenvalue weighted by molar-refractivity contribution is 6.02. The van der Waals surface area contributed by atoms with Gasteiger partial charge in [-0.1, -0.05) is 18.2 Å². The molecular formula is C36H37N5O6. The molecule has 242 valence electrons. The van der Waals surface area contributed by atoms with E-state index < -0.39 is 12.1 Å². The molecule has 7 rings (SSSR count). The number of para-hydroxylation sites is 1. The second-order valence-electron chi connectivity index (χ2n) is 11.8. The van der Waals surface area contributed by atoms with E-state index in [4.69, 9.17) is 8.83 Å². The van der Waals surface area contributed by atoms with E-state index in [-0.39, 0.29) is 32.2 Å². The van der Waals surface area contributed by atoms with E-state index in [1.807, 2.05) is 48.5 Å². The molecule has 2 atom stereocenters. The molecule has 11 nitrogen and oxygen atoms in total. The third-order valence-electron chi connectivity index (χ3n) is 8.75. The van der Waals surface area contributed by atoms with E-state index >= 15 is 0 Å². The predicted octanol–water partition coefficient (Wildman–Crippen LogP) is 6.44. The molecule has 2 fully saturated rings. The Kier molecular flexibility index (Phi) is 8.03. The van der Waals surface area contributed by atoms with Crippen LogP contribution in [-0.2, 0) is 14.4 Å². The maximum Gasteiger partial charge on any atom is 0.290 e. The van der Waals surface area contributed by atoms with Crippen LogP contribution in [0.25, 0.3) is 33.7 Å². The third kappa shape index (κ3) is 6.11. The largest absolute Gasteiger partial charge is 0.451 e. The van der Waals surface area contributed by atoms with Crippen molar-refractivity contribution < 1.29 is 30.9 Å². The van der Waals surface area contributed by atoms with Gasteiger partial charge in [0.1, 0.15) is 17.7 Å². The van der Waals surface area contributed by atoms with Crippen molar-refractivity contribution in [3.8, 4) is 22.8 Å². The molecule has 2 aliphatic rings. The molecule has 2 saturated heterocycles. The monoisotopic (exact) mass is 635 g/mol. The van der Waals surface area contributed by atoms with Gasteiger partial charge in [-0.25, -0.2) is 4.98 Å². The van der Waals surface area contributed by atoms with Crippen molar-refractivity contribution in [2.24, 2.45) is 0 Å². The van der Waals surface area contributed by atoms with Crippen molar-refractivity contribution in [1.82, 2.24) is 14.8 Å². The lowest BCUT2D eigenvalue weighted by Crippen LogP contribution is -2.43. The molecule has 4 heterocycles. The molecule has 0 spiro atoms. The lowest BCUT2D eigenvalue weighted by molar-refractivity contribution is -0.134. The van der Waals surface area contributed by atoms with Crippen LogP contribution in [0.15, 0.2) is 93.9 Å². The molecule has 11 heteroatoms. The fraction of sp³-hybridized carbons (Fsp3) is 0.250. The lowest BCUT2D eigenvalue weighted by atomic mass is 10.1. The Bertz CT molecular complexity index is 1940. The molecule has 2 N–H and O–H groups in total. The van der Waals surface area contributed by atoms with Crippen LogP contribution < -0.4 is 10.6 Å². The summed E-state index contributed by atoms with van der Waals surface area (Å²) in [6.45, 7) is 2.57. The minimum absolute atomic E-state index is 0. The Morgan fingerprint density at radius 3 is 2.00 bits per heavy atom. The fourth-order valence-corrected chi connectivity index (χ4v) is 6.33. The average Bonchev–Trinajstić information content (AvgIpc) is 3.91. The predicted molar refractivity (Wildman–Crippen MR) is 180 cm³/mol. The summed E-state index contributed by atoms with van der Waals surface area (Å²) in [5, 5.41) is 6.68. The average molecular weight is 636 g/mol. The van der Waals surface area contributed by atoms with Crippen LogP contribution in [0, 0.1) is 0 Å². The van der Waals surface area contributed by atoms with Gasteiger partial charge < -0.3 is 29.3 Å². The maximum atomic E-state index is 13.2. The van der Waals surface area contributed by atoms with Gasteiger partial charge in [0.15, 0.2) is 11.5 Å². The SMILES string of the molecule is CC(=O)N1CCC[C@H]1C(=O)Nc1ccc(-c2cnc(-c3ccc(NC(=O)[C@@H]4CCCN4C(=O)c4cc5ccccc5o4)cc3)o2)cc1.[HH].[HH]. The number of aromatic nitrogens is 1. The van der Waals surface area contributed by atoms with Crippen LogP contribution in [0.2, 0.25) is 0 Å². The topological polar surface area (TPSA) is 138 Å². The number of anilines is 2. The third-order valence-corrected chi connectivity index (χ3v) is 8.75. The van der Waals surface area contributed by atoms with E-state index in [1.165, 1.54) is 6.92 Å². The zero-order valence-corrected chi connectivity index (χ0v) is 25.8. The first-order chi connectivity index (χ1) is 22.8. The normalized spacial score (nSPS) is 17.6. The second kappa shape index (κ2) is 12.6. The second-order valence-corrected chi connectivity index (χ2v) is 11.8. The number of rotatable bonds is 7. The first-order valence-electron chi connectivity index (χ1n) is 15.7. The Morgan fingerprint density at radius 2 is 1.36 bits per heavy atom. The number of furan rings is 1. The molecular weight excluding hydrogens is 598 g/mol. The Morgan fingerprint density at radius 1 is 0.766 bits per heavy atom. The van der Waals surface area contributed by atoms with Crippen LogP contribution in [0.1, 0.15) is 46.0 Å². The quantitative estimate of drug-likeness (QED) is 0.210. The first kappa shape index (κ1) is 30.0. The van der Waals surface area contributed by atoms with Crippen LogP contribution in [0.5, 0.6) is 0 Å². The Hall–Kier alpha value is -5.71. The minimum Gasteiger partial charge on any atom is -0.451 e. The Balaban J connectivity index is 0.00000234. The van der Waals surface area contributed by atoms with Gasteiger partial charge in [0.05, 0.1) is 6.20 Å². The van der Waals surface area contributed by atoms with Crippen molar-refractivity contribution >= 4 is 46.0 Å². The van der Waals surface area contributed by atoms with E-state index in [0.717, 1.165) is 29.4 Å². The highest BCUT2D eigenvalue weighted by Gasteiger charge is 2.36. The van der Waals surface area contributed by atoms with E-state index in [9.17, 15) is 19.2 Å². The van der Waals surface area contributed by atoms with Gasteiger partial charge in [0.25, 0.3) is 5.91 Å². The maximum absolute atomic E-state index is 13.2. The van der Waals surface area contributed by atoms with Gasteiger partial charge >= 0.3 is 0 Å². The highest BCUT2D eigenvalue weighted by atomic mass is 16.4. The molecule has 2 aliphatic heterocycles. The molecule has 0 radical (unpaired) electrons. The van der Waals surface area contributed by atoms with Gasteiger partial charge in [-0.15, -0.1) is 0 Å². The van der Waals surface area contributed by atoms with Gasteiger partial charge in [-0.3, -0.25) is 19.2 Å². The van der Waals surface area contributed by atoms with Crippen LogP contribution in [0.4, 0.5) is 11.4 Å². The molecule has 47 heavy (non-hydrogen) atoms. The van der Waals surface area contributed by atoms with Gasteiger partial charge in [-0.05, 0) is 86.3 Å². The Labute approximate surface area is 273 Å². The number of carbonyl (C=O) groups excluding carboxylic acids is 4. The standard InChI is InChI=1S/C36H33N5O6.2H2/c1-22(42)40-18-4-7-28(40)33(43)38-26-14-10-23(11-15-26)32-21-37-35(47-32)24-12-16-27(17-13-24)39-34(44)29-8-5-19-41(29)36(45)31-20-25-6-2-3-9-30(25)46-31;;/h2-3,6,9-17,20-21,28-29H,4-5,7-8,18-19H2,1H3,(H,38,43)(H,39,44);2*1H/t28-,29-;;/m0../s1. The summed E-state index contributed by atoms with van der Waals surface area (Å²) in [5.41, 5.74) is 3.37. The molecule has 0 aliphatic carbocycles. The summed E-state index contributed by atoms with van der Waals surface area (Å²) in [5.74, 6) is 0.371. The van der Waals surface area contributed by atoms with E-state index in [2.05, 4.69) is 15.6 Å². The molecule has 0 bridgehead atoms. The van der Waals surface area contributed by atoms with Crippen molar-refractivity contribution in [2.45, 2.75) is 44.7 Å². The summed E-state index contributed by atoms with van der Waals surface area (Å²) < 4.78 is 11.8. The number of nitrogens with one attached hydrogen (secondary N) is 2. The number of hydrogen-bond donors (Lipinski definition) is 2. The molecule has 0 saturated carbocycles. The summed E-state index contributed by atoms with van der Waals surface area (Å²) in [7, 11) is 0. The zero-order valence-electron chi connectivity index (χ0n) is 25.8. The fourth-order valence-electron chi connectivity index (χ4n) is 6.33. The smallest absolute Gasteiger partial charge is 0.290 e. The number of nitrogens with zero attached hydrogens (tertiary/aromatic N) is 3. The lowest BCUT2D eigenvalue weighted by Gasteiger charge is -2.23. The van der Waals surface area contributed by atoms with Gasteiger partial charge in [-0.2, -0.15) is 0 Å². The number of likely N-dealkylation sites (tertiary alicyclic amines) is 2. The molecule has 0 unspecified atom stereocenters. The molecule has 5 aromatic rings.